The summed E-state index contributed by atoms with van der Waals surface area (Å²) in [5.41, 5.74) is 2.76. The van der Waals surface area contributed by atoms with E-state index in [1.54, 1.807) is 66.6 Å². The van der Waals surface area contributed by atoms with Crippen LogP contribution in [0.1, 0.15) is 5.56 Å². The molecular weight excluding hydrogens is 403 g/mol. The first-order valence-electron chi connectivity index (χ1n) is 9.26. The van der Waals surface area contributed by atoms with E-state index >= 15 is 0 Å². The van der Waals surface area contributed by atoms with Crippen LogP contribution in [0.5, 0.6) is 0 Å². The first-order valence-corrected chi connectivity index (χ1v) is 10.7. The predicted octanol–water partition coefficient (Wildman–Crippen LogP) is 4.27. The van der Waals surface area contributed by atoms with Gasteiger partial charge in [0.05, 0.1) is 22.3 Å². The molecule has 150 valence electrons. The Bertz CT molecular complexity index is 1530. The predicted molar refractivity (Wildman–Crippen MR) is 113 cm³/mol. The summed E-state index contributed by atoms with van der Waals surface area (Å²) in [6, 6.07) is 14.2. The second kappa shape index (κ2) is 6.50. The summed E-state index contributed by atoms with van der Waals surface area (Å²) in [6.45, 7) is 1.89. The van der Waals surface area contributed by atoms with Crippen LogP contribution >= 0.6 is 0 Å². The van der Waals surface area contributed by atoms with Gasteiger partial charge in [-0.25, -0.2) is 21.8 Å². The molecule has 0 amide bonds. The molecule has 0 aliphatic carbocycles. The molecule has 8 heteroatoms. The third-order valence-corrected chi connectivity index (χ3v) is 6.88. The van der Waals surface area contributed by atoms with Crippen molar-refractivity contribution in [2.75, 3.05) is 0 Å². The van der Waals surface area contributed by atoms with Crippen molar-refractivity contribution in [1.82, 2.24) is 18.7 Å². The normalized spacial score (nSPS) is 12.1. The lowest BCUT2D eigenvalue weighted by Crippen LogP contribution is -2.14. The monoisotopic (exact) mass is 420 g/mol. The second-order valence-corrected chi connectivity index (χ2v) is 8.98. The van der Waals surface area contributed by atoms with Crippen molar-refractivity contribution in [1.29, 1.82) is 0 Å². The zero-order valence-corrected chi connectivity index (χ0v) is 17.1. The highest BCUT2D eigenvalue weighted by molar-refractivity contribution is 7.90. The number of aromatic nitrogens is 4. The van der Waals surface area contributed by atoms with Crippen LogP contribution in [-0.4, -0.2) is 27.2 Å². The standard InChI is InChI=1S/C22H17FN4O2S/c1-14-6-8-18(9-7-14)30(28,29)27-20(15-4-3-5-17(23)10-15)11-19-21-16(12-24-22(19)27)13-25-26(21)2/h3-13H,1-2H3. The molecule has 0 atom stereocenters. The summed E-state index contributed by atoms with van der Waals surface area (Å²) in [5.74, 6) is -0.448. The topological polar surface area (TPSA) is 69.8 Å². The lowest BCUT2D eigenvalue weighted by molar-refractivity contribution is 0.589. The Morgan fingerprint density at radius 3 is 2.50 bits per heavy atom. The maximum absolute atomic E-state index is 14.0. The van der Waals surface area contributed by atoms with Gasteiger partial charge < -0.3 is 0 Å². The minimum atomic E-state index is -3.99. The number of rotatable bonds is 3. The maximum atomic E-state index is 14.0. The Balaban J connectivity index is 1.91. The van der Waals surface area contributed by atoms with E-state index in [-0.39, 0.29) is 10.5 Å². The number of pyridine rings is 1. The average molecular weight is 420 g/mol. The highest BCUT2D eigenvalue weighted by atomic mass is 32.2. The molecule has 0 radical (unpaired) electrons. The van der Waals surface area contributed by atoms with Gasteiger partial charge in [-0.1, -0.05) is 29.8 Å². The first-order chi connectivity index (χ1) is 14.4. The lowest BCUT2D eigenvalue weighted by atomic mass is 10.1. The molecule has 0 bridgehead atoms. The second-order valence-electron chi connectivity index (χ2n) is 7.19. The SMILES string of the molecule is Cc1ccc(S(=O)(=O)n2c(-c3cccc(F)c3)cc3c4c(cnc32)cnn4C)cc1. The van der Waals surface area contributed by atoms with Gasteiger partial charge in [0.25, 0.3) is 10.0 Å². The van der Waals surface area contributed by atoms with Gasteiger partial charge in [-0.3, -0.25) is 4.68 Å². The fraction of sp³-hybridized carbons (Fsp3) is 0.0909. The van der Waals surface area contributed by atoms with Gasteiger partial charge >= 0.3 is 0 Å². The average Bonchev–Trinajstić information content (AvgIpc) is 3.29. The van der Waals surface area contributed by atoms with Crippen LogP contribution in [0, 0.1) is 12.7 Å². The highest BCUT2D eigenvalue weighted by Gasteiger charge is 2.26. The Hall–Kier alpha value is -3.52. The molecular formula is C22H17FN4O2S. The summed E-state index contributed by atoms with van der Waals surface area (Å²) in [6.07, 6.45) is 3.27. The molecule has 0 N–H and O–H groups in total. The number of hydrogen-bond donors (Lipinski definition) is 0. The van der Waals surface area contributed by atoms with Crippen LogP contribution in [0.2, 0.25) is 0 Å². The van der Waals surface area contributed by atoms with Crippen LogP contribution in [0.4, 0.5) is 4.39 Å². The first kappa shape index (κ1) is 18.5. The minimum absolute atomic E-state index is 0.134. The molecule has 5 rings (SSSR count). The Kier molecular flexibility index (Phi) is 4.01. The van der Waals surface area contributed by atoms with Crippen molar-refractivity contribution in [2.45, 2.75) is 11.8 Å². The van der Waals surface area contributed by atoms with Crippen molar-refractivity contribution < 1.29 is 12.8 Å². The maximum Gasteiger partial charge on any atom is 0.269 e. The molecule has 6 nitrogen and oxygen atoms in total. The summed E-state index contributed by atoms with van der Waals surface area (Å²) in [5, 5.41) is 5.68. The number of halogens is 1. The largest absolute Gasteiger partial charge is 0.269 e. The molecule has 0 saturated heterocycles. The molecule has 0 aliphatic rings. The van der Waals surface area contributed by atoms with Gasteiger partial charge in [0, 0.05) is 29.6 Å². The van der Waals surface area contributed by atoms with E-state index in [9.17, 15) is 12.8 Å². The van der Waals surface area contributed by atoms with E-state index in [0.717, 1.165) is 16.5 Å². The van der Waals surface area contributed by atoms with Crippen molar-refractivity contribution in [3.8, 4) is 11.3 Å². The zero-order chi connectivity index (χ0) is 21.0. The van der Waals surface area contributed by atoms with Crippen LogP contribution in [0.15, 0.2) is 71.9 Å². The molecule has 3 heterocycles. The Morgan fingerprint density at radius 1 is 1.00 bits per heavy atom. The highest BCUT2D eigenvalue weighted by Crippen LogP contribution is 2.34. The summed E-state index contributed by atoms with van der Waals surface area (Å²) >= 11 is 0. The smallest absolute Gasteiger partial charge is 0.267 e. The van der Waals surface area contributed by atoms with Crippen molar-refractivity contribution in [3.05, 3.63) is 78.4 Å². The van der Waals surface area contributed by atoms with Gasteiger partial charge in [0.2, 0.25) is 0 Å². The molecule has 30 heavy (non-hydrogen) atoms. The minimum Gasteiger partial charge on any atom is -0.267 e. The summed E-state index contributed by atoms with van der Waals surface area (Å²) in [7, 11) is -2.21. The van der Waals surface area contributed by atoms with Gasteiger partial charge in [0.15, 0.2) is 5.65 Å². The summed E-state index contributed by atoms with van der Waals surface area (Å²) < 4.78 is 44.2. The Morgan fingerprint density at radius 2 is 1.77 bits per heavy atom. The van der Waals surface area contributed by atoms with E-state index in [0.29, 0.717) is 16.6 Å². The molecule has 0 unspecified atom stereocenters. The van der Waals surface area contributed by atoms with E-state index in [4.69, 9.17) is 0 Å². The molecule has 0 spiro atoms. The van der Waals surface area contributed by atoms with Gasteiger partial charge in [-0.2, -0.15) is 5.10 Å². The molecule has 0 saturated carbocycles. The number of fused-ring (bicyclic) bond motifs is 3. The third kappa shape index (κ3) is 2.72. The van der Waals surface area contributed by atoms with Gasteiger partial charge in [-0.05, 0) is 37.3 Å². The lowest BCUT2D eigenvalue weighted by Gasteiger charge is -2.12. The Labute approximate surface area is 172 Å². The molecule has 0 fully saturated rings. The van der Waals surface area contributed by atoms with E-state index in [1.807, 2.05) is 6.92 Å². The van der Waals surface area contributed by atoms with Gasteiger partial charge in [-0.15, -0.1) is 0 Å². The van der Waals surface area contributed by atoms with Crippen molar-refractivity contribution >= 4 is 32.0 Å². The molecule has 0 aliphatic heterocycles. The zero-order valence-electron chi connectivity index (χ0n) is 16.2. The fourth-order valence-electron chi connectivity index (χ4n) is 3.70. The quantitative estimate of drug-likeness (QED) is 0.437. The van der Waals surface area contributed by atoms with E-state index in [2.05, 4.69) is 10.1 Å². The van der Waals surface area contributed by atoms with Crippen LogP contribution in [0.3, 0.4) is 0 Å². The van der Waals surface area contributed by atoms with E-state index in [1.165, 1.54) is 16.1 Å². The fourth-order valence-corrected chi connectivity index (χ4v) is 5.18. The van der Waals surface area contributed by atoms with Crippen LogP contribution in [-0.2, 0) is 17.1 Å². The van der Waals surface area contributed by atoms with Gasteiger partial charge in [0.1, 0.15) is 5.82 Å². The third-order valence-electron chi connectivity index (χ3n) is 5.16. The molecule has 5 aromatic rings. The number of nitrogens with zero attached hydrogens (tertiary/aromatic N) is 4. The molecule has 3 aromatic heterocycles. The van der Waals surface area contributed by atoms with E-state index < -0.39 is 15.8 Å². The van der Waals surface area contributed by atoms with Crippen molar-refractivity contribution in [2.24, 2.45) is 7.05 Å². The molecule has 2 aromatic carbocycles. The number of benzene rings is 2. The van der Waals surface area contributed by atoms with Crippen molar-refractivity contribution in [3.63, 3.8) is 0 Å². The van der Waals surface area contributed by atoms with Crippen LogP contribution < -0.4 is 0 Å². The summed E-state index contributed by atoms with van der Waals surface area (Å²) in [4.78, 5) is 4.57. The number of aryl methyl sites for hydroxylation is 2. The van der Waals surface area contributed by atoms with Crippen LogP contribution in [0.25, 0.3) is 33.2 Å². The number of hydrogen-bond acceptors (Lipinski definition) is 4.